The molecule has 0 amide bonds. The Bertz CT molecular complexity index is 846. The minimum absolute atomic E-state index is 0.116. The normalized spacial score (nSPS) is 26.7. The first kappa shape index (κ1) is 15.0. The fourth-order valence-corrected chi connectivity index (χ4v) is 5.51. The molecule has 1 N–H and O–H groups in total. The number of nitrogens with one attached hydrogen (secondary N) is 1. The number of benzene rings is 2. The van der Waals surface area contributed by atoms with Gasteiger partial charge in [-0.15, -0.1) is 0 Å². The second-order valence-corrected chi connectivity index (χ2v) is 8.49. The van der Waals surface area contributed by atoms with Crippen LogP contribution in [0.2, 0.25) is 0 Å². The van der Waals surface area contributed by atoms with Crippen LogP contribution in [0, 0.1) is 11.8 Å². The van der Waals surface area contributed by atoms with E-state index in [1.54, 1.807) is 19.2 Å². The minimum atomic E-state index is -3.45. The van der Waals surface area contributed by atoms with Gasteiger partial charge in [-0.2, -0.15) is 0 Å². The van der Waals surface area contributed by atoms with E-state index in [2.05, 4.69) is 4.72 Å². The monoisotopic (exact) mass is 331 g/mol. The van der Waals surface area contributed by atoms with Crippen molar-refractivity contribution >= 4 is 20.8 Å². The molecule has 4 rings (SSSR count). The lowest BCUT2D eigenvalue weighted by atomic mass is 9.96. The summed E-state index contributed by atoms with van der Waals surface area (Å²) in [5.41, 5.74) is 0. The Labute approximate surface area is 136 Å². The Kier molecular flexibility index (Phi) is 3.58. The van der Waals surface area contributed by atoms with Crippen molar-refractivity contribution in [2.24, 2.45) is 11.8 Å². The quantitative estimate of drug-likeness (QED) is 0.935. The summed E-state index contributed by atoms with van der Waals surface area (Å²) in [5.74, 6) is 2.02. The number of fused-ring (bicyclic) bond motifs is 3. The average Bonchev–Trinajstić information content (AvgIpc) is 3.16. The van der Waals surface area contributed by atoms with E-state index >= 15 is 0 Å². The first-order valence-electron chi connectivity index (χ1n) is 8.15. The van der Waals surface area contributed by atoms with Crippen molar-refractivity contribution in [2.75, 3.05) is 7.11 Å². The summed E-state index contributed by atoms with van der Waals surface area (Å²) in [4.78, 5) is 0.345. The first-order valence-corrected chi connectivity index (χ1v) is 9.63. The maximum Gasteiger partial charge on any atom is 0.240 e. The Morgan fingerprint density at radius 2 is 1.83 bits per heavy atom. The van der Waals surface area contributed by atoms with E-state index in [1.807, 2.05) is 24.3 Å². The van der Waals surface area contributed by atoms with Gasteiger partial charge in [-0.3, -0.25) is 0 Å². The molecule has 122 valence electrons. The predicted molar refractivity (Wildman–Crippen MR) is 90.1 cm³/mol. The molecule has 2 fully saturated rings. The van der Waals surface area contributed by atoms with Crippen LogP contribution in [-0.4, -0.2) is 21.6 Å². The highest BCUT2D eigenvalue weighted by Gasteiger charge is 2.41. The molecule has 0 aromatic heterocycles. The molecule has 0 unspecified atom stereocenters. The molecule has 5 heteroatoms. The van der Waals surface area contributed by atoms with Crippen LogP contribution in [0.25, 0.3) is 10.8 Å². The molecule has 0 saturated heterocycles. The van der Waals surface area contributed by atoms with E-state index in [-0.39, 0.29) is 6.04 Å². The lowest BCUT2D eigenvalue weighted by Gasteiger charge is -2.22. The van der Waals surface area contributed by atoms with E-state index in [4.69, 9.17) is 4.74 Å². The largest absolute Gasteiger partial charge is 0.497 e. The Balaban J connectivity index is 1.62. The van der Waals surface area contributed by atoms with Crippen LogP contribution in [0.3, 0.4) is 0 Å². The Morgan fingerprint density at radius 3 is 2.52 bits per heavy atom. The molecular weight excluding hydrogens is 310 g/mol. The van der Waals surface area contributed by atoms with E-state index < -0.39 is 10.0 Å². The van der Waals surface area contributed by atoms with Gasteiger partial charge in [0.2, 0.25) is 10.0 Å². The van der Waals surface area contributed by atoms with E-state index in [1.165, 1.54) is 12.8 Å². The van der Waals surface area contributed by atoms with Gasteiger partial charge in [-0.25, -0.2) is 13.1 Å². The highest BCUT2D eigenvalue weighted by atomic mass is 32.2. The summed E-state index contributed by atoms with van der Waals surface area (Å²) in [5, 5.41) is 1.88. The molecule has 2 aromatic carbocycles. The van der Waals surface area contributed by atoms with E-state index in [0.717, 1.165) is 35.3 Å². The molecule has 0 spiro atoms. The van der Waals surface area contributed by atoms with Crippen LogP contribution < -0.4 is 9.46 Å². The van der Waals surface area contributed by atoms with Crippen molar-refractivity contribution in [3.63, 3.8) is 0 Å². The van der Waals surface area contributed by atoms with Crippen molar-refractivity contribution < 1.29 is 13.2 Å². The summed E-state index contributed by atoms with van der Waals surface area (Å²) in [6.07, 6.45) is 4.61. The second kappa shape index (κ2) is 5.49. The number of hydrogen-bond donors (Lipinski definition) is 1. The number of methoxy groups -OCH3 is 1. The molecule has 2 aliphatic rings. The summed E-state index contributed by atoms with van der Waals surface area (Å²) < 4.78 is 33.5. The first-order chi connectivity index (χ1) is 11.0. The third-order valence-corrected chi connectivity index (χ3v) is 6.86. The van der Waals surface area contributed by atoms with Gasteiger partial charge in [-0.05, 0) is 66.1 Å². The summed E-state index contributed by atoms with van der Waals surface area (Å²) in [6, 6.07) is 11.0. The average molecular weight is 331 g/mol. The second-order valence-electron chi connectivity index (χ2n) is 6.78. The lowest BCUT2D eigenvalue weighted by molar-refractivity contribution is 0.390. The molecule has 3 atom stereocenters. The van der Waals surface area contributed by atoms with Gasteiger partial charge >= 0.3 is 0 Å². The summed E-state index contributed by atoms with van der Waals surface area (Å²) >= 11 is 0. The molecule has 4 nitrogen and oxygen atoms in total. The van der Waals surface area contributed by atoms with Gasteiger partial charge in [-0.1, -0.05) is 18.6 Å². The van der Waals surface area contributed by atoms with Crippen LogP contribution in [0.15, 0.2) is 41.3 Å². The fraction of sp³-hybridized carbons (Fsp3) is 0.444. The zero-order valence-electron chi connectivity index (χ0n) is 13.2. The zero-order valence-corrected chi connectivity index (χ0v) is 14.0. The van der Waals surface area contributed by atoms with E-state index in [0.29, 0.717) is 10.8 Å². The van der Waals surface area contributed by atoms with Crippen LogP contribution >= 0.6 is 0 Å². The van der Waals surface area contributed by atoms with Gasteiger partial charge in [0.05, 0.1) is 12.0 Å². The third-order valence-electron chi connectivity index (χ3n) is 5.37. The molecule has 2 saturated carbocycles. The van der Waals surface area contributed by atoms with Crippen LogP contribution in [0.1, 0.15) is 25.7 Å². The standard InChI is InChI=1S/C18H21NO3S/c1-22-16-6-4-14-11-17(7-5-13(14)10-16)23(20,21)19-18-9-12-2-3-15(18)8-12/h4-7,10-12,15,18-19H,2-3,8-9H2,1H3/t12-,15-,18-/m1/s1. The van der Waals surface area contributed by atoms with Gasteiger partial charge in [0.1, 0.15) is 5.75 Å². The van der Waals surface area contributed by atoms with Crippen LogP contribution in [0.5, 0.6) is 5.75 Å². The van der Waals surface area contributed by atoms with Crippen molar-refractivity contribution in [1.29, 1.82) is 0 Å². The fourth-order valence-electron chi connectivity index (χ4n) is 4.15. The minimum Gasteiger partial charge on any atom is -0.497 e. The SMILES string of the molecule is COc1ccc2cc(S(=O)(=O)N[C@@H]3C[C@@H]4CC[C@@H]3C4)ccc2c1. The molecule has 2 bridgehead atoms. The summed E-state index contributed by atoms with van der Waals surface area (Å²) in [6.45, 7) is 0. The Morgan fingerprint density at radius 1 is 1.04 bits per heavy atom. The van der Waals surface area contributed by atoms with Crippen LogP contribution in [-0.2, 0) is 10.0 Å². The maximum atomic E-state index is 12.7. The molecule has 23 heavy (non-hydrogen) atoms. The van der Waals surface area contributed by atoms with Crippen molar-refractivity contribution in [1.82, 2.24) is 4.72 Å². The molecule has 2 aromatic rings. The van der Waals surface area contributed by atoms with Crippen molar-refractivity contribution in [2.45, 2.75) is 36.6 Å². The number of hydrogen-bond acceptors (Lipinski definition) is 3. The molecule has 2 aliphatic carbocycles. The third kappa shape index (κ3) is 2.72. The number of sulfonamides is 1. The summed E-state index contributed by atoms with van der Waals surface area (Å²) in [7, 11) is -1.83. The maximum absolute atomic E-state index is 12.7. The van der Waals surface area contributed by atoms with Crippen molar-refractivity contribution in [3.8, 4) is 5.75 Å². The van der Waals surface area contributed by atoms with Gasteiger partial charge < -0.3 is 4.74 Å². The van der Waals surface area contributed by atoms with Gasteiger partial charge in [0, 0.05) is 6.04 Å². The Hall–Kier alpha value is -1.59. The van der Waals surface area contributed by atoms with Crippen LogP contribution in [0.4, 0.5) is 0 Å². The van der Waals surface area contributed by atoms with Gasteiger partial charge in [0.15, 0.2) is 0 Å². The number of rotatable bonds is 4. The highest BCUT2D eigenvalue weighted by Crippen LogP contribution is 2.44. The molecule has 0 radical (unpaired) electrons. The molecular formula is C18H21NO3S. The zero-order chi connectivity index (χ0) is 16.0. The van der Waals surface area contributed by atoms with E-state index in [9.17, 15) is 8.42 Å². The smallest absolute Gasteiger partial charge is 0.240 e. The number of ether oxygens (including phenoxy) is 1. The highest BCUT2D eigenvalue weighted by molar-refractivity contribution is 7.89. The van der Waals surface area contributed by atoms with Gasteiger partial charge in [0.25, 0.3) is 0 Å². The van der Waals surface area contributed by atoms with Crippen molar-refractivity contribution in [3.05, 3.63) is 36.4 Å². The molecule has 0 heterocycles. The molecule has 0 aliphatic heterocycles. The predicted octanol–water partition coefficient (Wildman–Crippen LogP) is 3.32. The lowest BCUT2D eigenvalue weighted by Crippen LogP contribution is -2.38. The topological polar surface area (TPSA) is 55.4 Å².